The van der Waals surface area contributed by atoms with Crippen molar-refractivity contribution in [1.82, 2.24) is 9.97 Å². The fourth-order valence-electron chi connectivity index (χ4n) is 5.78. The van der Waals surface area contributed by atoms with E-state index in [1.165, 1.54) is 37.9 Å². The van der Waals surface area contributed by atoms with E-state index in [1.54, 1.807) is 0 Å². The van der Waals surface area contributed by atoms with Crippen molar-refractivity contribution < 1.29 is 0 Å². The molecule has 0 aliphatic heterocycles. The van der Waals surface area contributed by atoms with Crippen LogP contribution in [-0.2, 0) is 0 Å². The van der Waals surface area contributed by atoms with Gasteiger partial charge in [0.25, 0.3) is 0 Å². The molecule has 0 N–H and O–H groups in total. The molecule has 0 aliphatic rings. The fraction of sp³-hybridized carbons (Fsp3) is 0. The van der Waals surface area contributed by atoms with E-state index >= 15 is 0 Å². The molecule has 2 heteroatoms. The lowest BCUT2D eigenvalue weighted by Crippen LogP contribution is -1.96. The summed E-state index contributed by atoms with van der Waals surface area (Å²) < 4.78 is 0. The monoisotopic (exact) mass is 534 g/mol. The maximum absolute atomic E-state index is 5.14. The number of aromatic nitrogens is 2. The van der Waals surface area contributed by atoms with Crippen LogP contribution in [0.15, 0.2) is 158 Å². The maximum Gasteiger partial charge on any atom is 0.160 e. The summed E-state index contributed by atoms with van der Waals surface area (Å²) >= 11 is 0. The van der Waals surface area contributed by atoms with E-state index in [-0.39, 0.29) is 0 Å². The van der Waals surface area contributed by atoms with Crippen molar-refractivity contribution in [2.75, 3.05) is 0 Å². The van der Waals surface area contributed by atoms with Crippen LogP contribution in [0.3, 0.4) is 0 Å². The molecular formula is C40H26N2. The van der Waals surface area contributed by atoms with Gasteiger partial charge in [0.15, 0.2) is 5.82 Å². The Morgan fingerprint density at radius 2 is 0.667 bits per heavy atom. The first-order valence-electron chi connectivity index (χ1n) is 14.2. The van der Waals surface area contributed by atoms with Crippen LogP contribution in [0.2, 0.25) is 0 Å². The highest BCUT2D eigenvalue weighted by Gasteiger charge is 2.13. The zero-order valence-corrected chi connectivity index (χ0v) is 22.9. The summed E-state index contributed by atoms with van der Waals surface area (Å²) in [6.45, 7) is 0. The van der Waals surface area contributed by atoms with E-state index in [0.717, 1.165) is 39.5 Å². The average molecular weight is 535 g/mol. The first kappa shape index (κ1) is 24.2. The second-order valence-corrected chi connectivity index (χ2v) is 10.7. The Balaban J connectivity index is 1.29. The van der Waals surface area contributed by atoms with Gasteiger partial charge in [-0.2, -0.15) is 0 Å². The van der Waals surface area contributed by atoms with E-state index in [1.807, 2.05) is 0 Å². The van der Waals surface area contributed by atoms with Gasteiger partial charge in [-0.15, -0.1) is 0 Å². The largest absolute Gasteiger partial charge is 0.228 e. The number of hydrogen-bond donors (Lipinski definition) is 0. The Bertz CT molecular complexity index is 2170. The van der Waals surface area contributed by atoms with Gasteiger partial charge in [-0.3, -0.25) is 0 Å². The first-order chi connectivity index (χ1) is 20.8. The van der Waals surface area contributed by atoms with Gasteiger partial charge in [0, 0.05) is 16.7 Å². The van der Waals surface area contributed by atoms with E-state index in [0.29, 0.717) is 0 Å². The minimum Gasteiger partial charge on any atom is -0.228 e. The summed E-state index contributed by atoms with van der Waals surface area (Å²) in [7, 11) is 0. The van der Waals surface area contributed by atoms with E-state index in [4.69, 9.17) is 9.97 Å². The van der Waals surface area contributed by atoms with Crippen LogP contribution in [0.5, 0.6) is 0 Å². The van der Waals surface area contributed by atoms with Gasteiger partial charge in [-0.25, -0.2) is 9.97 Å². The molecule has 0 fully saturated rings. The average Bonchev–Trinajstić information content (AvgIpc) is 3.07. The summed E-state index contributed by atoms with van der Waals surface area (Å²) in [6.07, 6.45) is 0. The highest BCUT2D eigenvalue weighted by molar-refractivity contribution is 5.90. The van der Waals surface area contributed by atoms with Crippen LogP contribution in [0, 0.1) is 0 Å². The first-order valence-corrected chi connectivity index (χ1v) is 14.2. The lowest BCUT2D eigenvalue weighted by Gasteiger charge is -2.12. The molecule has 8 aromatic rings. The van der Waals surface area contributed by atoms with E-state index in [9.17, 15) is 0 Å². The molecule has 0 radical (unpaired) electrons. The second kappa shape index (κ2) is 10.1. The molecule has 0 aliphatic carbocycles. The number of fused-ring (bicyclic) bond motifs is 3. The Labute approximate surface area is 244 Å². The molecule has 7 aromatic carbocycles. The summed E-state index contributed by atoms with van der Waals surface area (Å²) in [4.78, 5) is 10.3. The minimum absolute atomic E-state index is 0.720. The van der Waals surface area contributed by atoms with Crippen LogP contribution in [-0.4, -0.2) is 9.97 Å². The zero-order chi connectivity index (χ0) is 27.9. The number of benzene rings is 7. The SMILES string of the molecule is c1cc(-c2ccc3ccccc3c2)cc(-c2cc(-c3ccc4ccccc4c3)nc(-c3ccc4ccccc4c3)n2)c1. The topological polar surface area (TPSA) is 25.8 Å². The summed E-state index contributed by atoms with van der Waals surface area (Å²) in [5.74, 6) is 0.720. The highest BCUT2D eigenvalue weighted by Crippen LogP contribution is 2.33. The normalized spacial score (nSPS) is 11.3. The molecule has 0 saturated heterocycles. The third-order valence-electron chi connectivity index (χ3n) is 8.02. The second-order valence-electron chi connectivity index (χ2n) is 10.7. The molecule has 1 heterocycles. The smallest absolute Gasteiger partial charge is 0.160 e. The van der Waals surface area contributed by atoms with Crippen molar-refractivity contribution in [2.24, 2.45) is 0 Å². The summed E-state index contributed by atoms with van der Waals surface area (Å²) in [6, 6.07) is 55.8. The molecule has 0 saturated carbocycles. The Morgan fingerprint density at radius 1 is 0.262 bits per heavy atom. The minimum atomic E-state index is 0.720. The molecule has 0 spiro atoms. The predicted octanol–water partition coefficient (Wildman–Crippen LogP) is 10.6. The van der Waals surface area contributed by atoms with Gasteiger partial charge in [0.05, 0.1) is 11.4 Å². The van der Waals surface area contributed by atoms with Gasteiger partial charge in [0.1, 0.15) is 0 Å². The Hall–Kier alpha value is -5.60. The Kier molecular flexibility index (Phi) is 5.82. The molecule has 0 bridgehead atoms. The van der Waals surface area contributed by atoms with Gasteiger partial charge >= 0.3 is 0 Å². The van der Waals surface area contributed by atoms with E-state index < -0.39 is 0 Å². The molecule has 0 unspecified atom stereocenters. The molecule has 196 valence electrons. The standard InChI is InChI=1S/C40H26N2/c1-4-11-30-22-34(19-16-27(30)8-1)33-14-7-15-35(24-33)38-26-39(36-20-17-28-9-2-5-12-31(28)23-36)42-40(41-38)37-21-18-29-10-3-6-13-32(29)25-37/h1-26H. The molecule has 8 rings (SSSR count). The lowest BCUT2D eigenvalue weighted by molar-refractivity contribution is 1.18. The van der Waals surface area contributed by atoms with Crippen LogP contribution < -0.4 is 0 Å². The molecule has 42 heavy (non-hydrogen) atoms. The molecule has 2 nitrogen and oxygen atoms in total. The molecule has 1 aromatic heterocycles. The van der Waals surface area contributed by atoms with Crippen molar-refractivity contribution in [3.05, 3.63) is 158 Å². The molecular weight excluding hydrogens is 508 g/mol. The third-order valence-corrected chi connectivity index (χ3v) is 8.02. The fourth-order valence-corrected chi connectivity index (χ4v) is 5.78. The molecule has 0 atom stereocenters. The van der Waals surface area contributed by atoms with Crippen LogP contribution >= 0.6 is 0 Å². The predicted molar refractivity (Wildman–Crippen MR) is 176 cm³/mol. The zero-order valence-electron chi connectivity index (χ0n) is 22.9. The summed E-state index contributed by atoms with van der Waals surface area (Å²) in [5, 5.41) is 7.27. The summed E-state index contributed by atoms with van der Waals surface area (Å²) in [5.41, 5.74) is 7.30. The van der Waals surface area contributed by atoms with Crippen molar-refractivity contribution in [1.29, 1.82) is 0 Å². The van der Waals surface area contributed by atoms with Crippen LogP contribution in [0.1, 0.15) is 0 Å². The Morgan fingerprint density at radius 3 is 1.26 bits per heavy atom. The van der Waals surface area contributed by atoms with Gasteiger partial charge < -0.3 is 0 Å². The molecule has 0 amide bonds. The van der Waals surface area contributed by atoms with Gasteiger partial charge in [0.2, 0.25) is 0 Å². The number of nitrogens with zero attached hydrogens (tertiary/aromatic N) is 2. The van der Waals surface area contributed by atoms with Crippen molar-refractivity contribution in [3.63, 3.8) is 0 Å². The lowest BCUT2D eigenvalue weighted by atomic mass is 9.98. The number of hydrogen-bond acceptors (Lipinski definition) is 2. The van der Waals surface area contributed by atoms with Crippen molar-refractivity contribution in [2.45, 2.75) is 0 Å². The van der Waals surface area contributed by atoms with Gasteiger partial charge in [-0.05, 0) is 73.8 Å². The van der Waals surface area contributed by atoms with Crippen molar-refractivity contribution in [3.8, 4) is 45.0 Å². The van der Waals surface area contributed by atoms with E-state index in [2.05, 4.69) is 158 Å². The van der Waals surface area contributed by atoms with Gasteiger partial charge in [-0.1, -0.05) is 127 Å². The van der Waals surface area contributed by atoms with Crippen molar-refractivity contribution >= 4 is 32.3 Å². The third kappa shape index (κ3) is 4.49. The van der Waals surface area contributed by atoms with Crippen LogP contribution in [0.4, 0.5) is 0 Å². The highest BCUT2D eigenvalue weighted by atomic mass is 14.9. The quantitative estimate of drug-likeness (QED) is 0.224. The maximum atomic E-state index is 5.14. The van der Waals surface area contributed by atoms with Crippen LogP contribution in [0.25, 0.3) is 77.3 Å². The number of rotatable bonds is 4.